The molecule has 0 heteroatoms. The summed E-state index contributed by atoms with van der Waals surface area (Å²) in [6, 6.07) is 0. The maximum Gasteiger partial charge on any atom is 0.0283 e. The van der Waals surface area contributed by atoms with E-state index in [0.717, 1.165) is 0 Å². The minimum atomic E-state index is 0.0868. The van der Waals surface area contributed by atoms with Crippen molar-refractivity contribution in [3.05, 3.63) is 0 Å². The molecule has 0 bridgehead atoms. The van der Waals surface area contributed by atoms with Crippen molar-refractivity contribution in [1.82, 2.24) is 0 Å². The van der Waals surface area contributed by atoms with E-state index in [-0.39, 0.29) is 5.41 Å². The predicted octanol–water partition coefficient (Wildman–Crippen LogP) is 3.08. The Morgan fingerprint density at radius 3 is 1.80 bits per heavy atom. The average molecular weight is 138 g/mol. The summed E-state index contributed by atoms with van der Waals surface area (Å²) < 4.78 is 0. The third-order valence-corrected chi connectivity index (χ3v) is 2.38. The minimum absolute atomic E-state index is 0.0868. The van der Waals surface area contributed by atoms with Crippen LogP contribution in [0.4, 0.5) is 0 Å². The molecule has 0 amide bonds. The third-order valence-electron chi connectivity index (χ3n) is 2.38. The Morgan fingerprint density at radius 2 is 1.70 bits per heavy atom. The van der Waals surface area contributed by atoms with Gasteiger partial charge in [0.05, 0.1) is 0 Å². The van der Waals surface area contributed by atoms with Gasteiger partial charge in [-0.15, -0.1) is 12.3 Å². The van der Waals surface area contributed by atoms with Crippen LogP contribution < -0.4 is 0 Å². The standard InChI is InChI=1S/C10H18/c1-6-9(7-2)10(4,5)8-3/h3,9H,6-7H2,1-2,4-5H3. The van der Waals surface area contributed by atoms with E-state index in [0.29, 0.717) is 5.92 Å². The molecule has 0 N–H and O–H groups in total. The van der Waals surface area contributed by atoms with Gasteiger partial charge in [-0.1, -0.05) is 26.7 Å². The molecule has 0 aromatic rings. The number of hydrogen-bond acceptors (Lipinski definition) is 0. The van der Waals surface area contributed by atoms with Crippen LogP contribution in [0.1, 0.15) is 40.5 Å². The SMILES string of the molecule is C#CC(C)(C)C(CC)CC. The highest BCUT2D eigenvalue weighted by Crippen LogP contribution is 2.30. The van der Waals surface area contributed by atoms with Gasteiger partial charge in [0.25, 0.3) is 0 Å². The first-order valence-corrected chi connectivity index (χ1v) is 4.06. The second kappa shape index (κ2) is 3.66. The zero-order chi connectivity index (χ0) is 8.20. The summed E-state index contributed by atoms with van der Waals surface area (Å²) in [6.07, 6.45) is 7.78. The molecular formula is C10H18. The van der Waals surface area contributed by atoms with Crippen molar-refractivity contribution in [3.8, 4) is 12.3 Å². The van der Waals surface area contributed by atoms with Gasteiger partial charge in [0.15, 0.2) is 0 Å². The highest BCUT2D eigenvalue weighted by molar-refractivity contribution is 5.03. The van der Waals surface area contributed by atoms with Gasteiger partial charge in [0.2, 0.25) is 0 Å². The molecule has 0 aromatic heterocycles. The van der Waals surface area contributed by atoms with E-state index in [2.05, 4.69) is 33.6 Å². The maximum absolute atomic E-state index is 5.41. The molecule has 10 heavy (non-hydrogen) atoms. The highest BCUT2D eigenvalue weighted by Gasteiger charge is 2.23. The predicted molar refractivity (Wildman–Crippen MR) is 46.7 cm³/mol. The molecule has 0 atom stereocenters. The van der Waals surface area contributed by atoms with Gasteiger partial charge >= 0.3 is 0 Å². The van der Waals surface area contributed by atoms with Crippen molar-refractivity contribution in [1.29, 1.82) is 0 Å². The largest absolute Gasteiger partial charge is 0.120 e. The molecule has 58 valence electrons. The Hall–Kier alpha value is -0.440. The Kier molecular flexibility index (Phi) is 3.50. The summed E-state index contributed by atoms with van der Waals surface area (Å²) in [4.78, 5) is 0. The molecule has 0 aliphatic rings. The number of hydrogen-bond donors (Lipinski definition) is 0. The zero-order valence-electron chi connectivity index (χ0n) is 7.57. The normalized spacial score (nSPS) is 11.6. The van der Waals surface area contributed by atoms with Crippen LogP contribution in [0.5, 0.6) is 0 Å². The van der Waals surface area contributed by atoms with Gasteiger partial charge in [-0.25, -0.2) is 0 Å². The second-order valence-electron chi connectivity index (χ2n) is 3.38. The quantitative estimate of drug-likeness (QED) is 0.526. The molecule has 0 unspecified atom stereocenters. The summed E-state index contributed by atoms with van der Waals surface area (Å²) in [6.45, 7) is 8.69. The Bertz CT molecular complexity index is 121. The van der Waals surface area contributed by atoms with E-state index >= 15 is 0 Å². The van der Waals surface area contributed by atoms with Gasteiger partial charge in [-0.2, -0.15) is 0 Å². The fourth-order valence-electron chi connectivity index (χ4n) is 1.43. The molecule has 0 saturated carbocycles. The molecule has 0 radical (unpaired) electrons. The van der Waals surface area contributed by atoms with Gasteiger partial charge in [-0.3, -0.25) is 0 Å². The van der Waals surface area contributed by atoms with Crippen molar-refractivity contribution < 1.29 is 0 Å². The fraction of sp³-hybridized carbons (Fsp3) is 0.800. The van der Waals surface area contributed by atoms with E-state index in [1.54, 1.807) is 0 Å². The van der Waals surface area contributed by atoms with E-state index < -0.39 is 0 Å². The van der Waals surface area contributed by atoms with Crippen molar-refractivity contribution in [2.45, 2.75) is 40.5 Å². The van der Waals surface area contributed by atoms with Crippen LogP contribution in [0, 0.1) is 23.7 Å². The van der Waals surface area contributed by atoms with Crippen LogP contribution in [-0.4, -0.2) is 0 Å². The van der Waals surface area contributed by atoms with Gasteiger partial charge in [0, 0.05) is 5.41 Å². The summed E-state index contributed by atoms with van der Waals surface area (Å²) >= 11 is 0. The molecule has 0 fully saturated rings. The number of terminal acetylenes is 1. The summed E-state index contributed by atoms with van der Waals surface area (Å²) in [5.41, 5.74) is 0.0868. The Balaban J connectivity index is 4.15. The Labute approximate surface area is 65.0 Å². The van der Waals surface area contributed by atoms with Gasteiger partial charge < -0.3 is 0 Å². The van der Waals surface area contributed by atoms with Crippen molar-refractivity contribution in [2.24, 2.45) is 11.3 Å². The average Bonchev–Trinajstić information content (AvgIpc) is 1.90. The zero-order valence-corrected chi connectivity index (χ0v) is 7.57. The van der Waals surface area contributed by atoms with Crippen LogP contribution in [0.3, 0.4) is 0 Å². The second-order valence-corrected chi connectivity index (χ2v) is 3.38. The fourth-order valence-corrected chi connectivity index (χ4v) is 1.43. The lowest BCUT2D eigenvalue weighted by Crippen LogP contribution is -2.20. The molecule has 0 aliphatic heterocycles. The first-order chi connectivity index (χ1) is 4.58. The lowest BCUT2D eigenvalue weighted by Gasteiger charge is -2.27. The minimum Gasteiger partial charge on any atom is -0.120 e. The van der Waals surface area contributed by atoms with E-state index in [1.807, 2.05) is 0 Å². The van der Waals surface area contributed by atoms with E-state index in [1.165, 1.54) is 12.8 Å². The molecule has 0 heterocycles. The Morgan fingerprint density at radius 1 is 1.30 bits per heavy atom. The van der Waals surface area contributed by atoms with Crippen LogP contribution >= 0.6 is 0 Å². The van der Waals surface area contributed by atoms with Gasteiger partial charge in [0.1, 0.15) is 0 Å². The van der Waals surface area contributed by atoms with E-state index in [9.17, 15) is 0 Å². The molecule has 0 spiro atoms. The molecule has 0 saturated heterocycles. The maximum atomic E-state index is 5.41. The summed E-state index contributed by atoms with van der Waals surface area (Å²) in [5.74, 6) is 3.52. The van der Waals surface area contributed by atoms with Crippen molar-refractivity contribution in [3.63, 3.8) is 0 Å². The highest BCUT2D eigenvalue weighted by atomic mass is 14.3. The summed E-state index contributed by atoms with van der Waals surface area (Å²) in [5, 5.41) is 0. The summed E-state index contributed by atoms with van der Waals surface area (Å²) in [7, 11) is 0. The molecule has 0 aliphatic carbocycles. The third kappa shape index (κ3) is 2.06. The number of rotatable bonds is 3. The monoisotopic (exact) mass is 138 g/mol. The van der Waals surface area contributed by atoms with Crippen LogP contribution in [0.25, 0.3) is 0 Å². The molecular weight excluding hydrogens is 120 g/mol. The molecule has 0 nitrogen and oxygen atoms in total. The lowest BCUT2D eigenvalue weighted by molar-refractivity contribution is 0.279. The lowest BCUT2D eigenvalue weighted by atomic mass is 9.77. The van der Waals surface area contributed by atoms with Crippen LogP contribution in [-0.2, 0) is 0 Å². The van der Waals surface area contributed by atoms with E-state index in [4.69, 9.17) is 6.42 Å². The topological polar surface area (TPSA) is 0 Å². The van der Waals surface area contributed by atoms with Gasteiger partial charge in [-0.05, 0) is 19.8 Å². The molecule has 0 aromatic carbocycles. The van der Waals surface area contributed by atoms with Crippen LogP contribution in [0.2, 0.25) is 0 Å². The van der Waals surface area contributed by atoms with Crippen molar-refractivity contribution >= 4 is 0 Å². The molecule has 0 rings (SSSR count). The smallest absolute Gasteiger partial charge is 0.0283 e. The van der Waals surface area contributed by atoms with Crippen molar-refractivity contribution in [2.75, 3.05) is 0 Å². The first-order valence-electron chi connectivity index (χ1n) is 4.06. The first kappa shape index (κ1) is 9.56. The van der Waals surface area contributed by atoms with Crippen LogP contribution in [0.15, 0.2) is 0 Å².